The molecule has 0 aromatic carbocycles. The predicted molar refractivity (Wildman–Crippen MR) is 48.3 cm³/mol. The van der Waals surface area contributed by atoms with Crippen molar-refractivity contribution in [1.29, 1.82) is 0 Å². The lowest BCUT2D eigenvalue weighted by Gasteiger charge is -2.03. The van der Waals surface area contributed by atoms with E-state index in [2.05, 4.69) is 10.1 Å². The van der Waals surface area contributed by atoms with Gasteiger partial charge in [-0.15, -0.1) is 0 Å². The molecule has 2 aromatic heterocycles. The third kappa shape index (κ3) is 1.56. The summed E-state index contributed by atoms with van der Waals surface area (Å²) in [5.74, 6) is -2.35. The van der Waals surface area contributed by atoms with E-state index in [0.29, 0.717) is 0 Å². The van der Waals surface area contributed by atoms with E-state index in [-0.39, 0.29) is 5.82 Å². The molecule has 0 aliphatic carbocycles. The zero-order valence-corrected chi connectivity index (χ0v) is 7.46. The van der Waals surface area contributed by atoms with Crippen molar-refractivity contribution in [3.05, 3.63) is 42.1 Å². The number of rotatable bonds is 2. The van der Waals surface area contributed by atoms with Gasteiger partial charge in [-0.3, -0.25) is 0 Å². The molecule has 0 aliphatic rings. The first-order chi connectivity index (χ1) is 7.20. The molecule has 0 aliphatic heterocycles. The number of carboxylic acid groups (broad SMARTS) is 1. The van der Waals surface area contributed by atoms with E-state index in [1.54, 1.807) is 6.07 Å². The first kappa shape index (κ1) is 9.32. The van der Waals surface area contributed by atoms with Gasteiger partial charge in [-0.25, -0.2) is 18.9 Å². The second-order valence-electron chi connectivity index (χ2n) is 2.75. The first-order valence-corrected chi connectivity index (χ1v) is 4.08. The van der Waals surface area contributed by atoms with Gasteiger partial charge < -0.3 is 5.11 Å². The Morgan fingerprint density at radius 1 is 1.47 bits per heavy atom. The predicted octanol–water partition coefficient (Wildman–Crippen LogP) is 1.10. The van der Waals surface area contributed by atoms with Gasteiger partial charge in [0.05, 0.1) is 0 Å². The van der Waals surface area contributed by atoms with E-state index in [1.807, 2.05) is 0 Å². The maximum Gasteiger partial charge on any atom is 0.338 e. The highest BCUT2D eigenvalue weighted by atomic mass is 19.1. The second kappa shape index (κ2) is 3.49. The molecule has 2 aromatic rings. The van der Waals surface area contributed by atoms with Gasteiger partial charge in [-0.05, 0) is 12.1 Å². The van der Waals surface area contributed by atoms with Crippen molar-refractivity contribution in [3.8, 4) is 5.82 Å². The number of aromatic carboxylic acids is 1. The molecular formula is C9H6FN3O2. The van der Waals surface area contributed by atoms with Crippen molar-refractivity contribution in [1.82, 2.24) is 14.8 Å². The highest BCUT2D eigenvalue weighted by molar-refractivity contribution is 5.88. The summed E-state index contributed by atoms with van der Waals surface area (Å²) in [7, 11) is 0. The molecule has 0 bridgehead atoms. The second-order valence-corrected chi connectivity index (χ2v) is 2.75. The largest absolute Gasteiger partial charge is 0.478 e. The van der Waals surface area contributed by atoms with Crippen LogP contribution in [0.5, 0.6) is 0 Å². The summed E-state index contributed by atoms with van der Waals surface area (Å²) in [6.07, 6.45) is 4.16. The molecule has 5 nitrogen and oxygen atoms in total. The number of aromatic nitrogens is 3. The average Bonchev–Trinajstić information content (AvgIpc) is 2.70. The lowest BCUT2D eigenvalue weighted by atomic mass is 10.2. The number of pyridine rings is 1. The Bertz CT molecular complexity index is 496. The van der Waals surface area contributed by atoms with E-state index in [4.69, 9.17) is 5.11 Å². The Kier molecular flexibility index (Phi) is 2.17. The van der Waals surface area contributed by atoms with Crippen LogP contribution in [0.25, 0.3) is 5.82 Å². The molecule has 2 heterocycles. The van der Waals surface area contributed by atoms with Crippen LogP contribution in [0.3, 0.4) is 0 Å². The van der Waals surface area contributed by atoms with Crippen molar-refractivity contribution in [3.63, 3.8) is 0 Å². The van der Waals surface area contributed by atoms with Gasteiger partial charge in [0, 0.05) is 18.6 Å². The quantitative estimate of drug-likeness (QED) is 0.800. The monoisotopic (exact) mass is 207 g/mol. The van der Waals surface area contributed by atoms with Crippen molar-refractivity contribution >= 4 is 5.97 Å². The van der Waals surface area contributed by atoms with E-state index in [0.717, 1.165) is 6.07 Å². The highest BCUT2D eigenvalue weighted by Crippen LogP contribution is 2.13. The number of carboxylic acids is 1. The van der Waals surface area contributed by atoms with E-state index >= 15 is 0 Å². The van der Waals surface area contributed by atoms with Crippen LogP contribution in [0.15, 0.2) is 30.7 Å². The number of nitrogens with zero attached hydrogens (tertiary/aromatic N) is 3. The molecule has 0 spiro atoms. The van der Waals surface area contributed by atoms with Gasteiger partial charge in [0.2, 0.25) is 0 Å². The number of halogens is 1. The van der Waals surface area contributed by atoms with Crippen LogP contribution in [0, 0.1) is 5.82 Å². The molecular weight excluding hydrogens is 201 g/mol. The molecule has 76 valence electrons. The zero-order valence-electron chi connectivity index (χ0n) is 7.46. The van der Waals surface area contributed by atoms with Gasteiger partial charge in [-0.2, -0.15) is 5.10 Å². The van der Waals surface area contributed by atoms with Gasteiger partial charge in [0.15, 0.2) is 11.6 Å². The maximum absolute atomic E-state index is 13.6. The van der Waals surface area contributed by atoms with Crippen LogP contribution in [-0.2, 0) is 0 Å². The van der Waals surface area contributed by atoms with E-state index < -0.39 is 17.3 Å². The fourth-order valence-electron chi connectivity index (χ4n) is 1.15. The molecule has 0 saturated carbocycles. The smallest absolute Gasteiger partial charge is 0.338 e. The van der Waals surface area contributed by atoms with Crippen molar-refractivity contribution in [2.24, 2.45) is 0 Å². The zero-order chi connectivity index (χ0) is 10.8. The first-order valence-electron chi connectivity index (χ1n) is 4.08. The molecule has 15 heavy (non-hydrogen) atoms. The summed E-state index contributed by atoms with van der Waals surface area (Å²) in [5, 5.41) is 12.5. The third-order valence-corrected chi connectivity index (χ3v) is 1.82. The summed E-state index contributed by atoms with van der Waals surface area (Å²) in [4.78, 5) is 14.4. The Morgan fingerprint density at radius 2 is 2.27 bits per heavy atom. The lowest BCUT2D eigenvalue weighted by molar-refractivity contribution is 0.0691. The molecule has 0 radical (unpaired) electrons. The van der Waals surface area contributed by atoms with Crippen molar-refractivity contribution < 1.29 is 14.3 Å². The van der Waals surface area contributed by atoms with Gasteiger partial charge in [-0.1, -0.05) is 0 Å². The van der Waals surface area contributed by atoms with Crippen molar-refractivity contribution in [2.45, 2.75) is 0 Å². The van der Waals surface area contributed by atoms with Crippen LogP contribution in [-0.4, -0.2) is 25.8 Å². The highest BCUT2D eigenvalue weighted by Gasteiger charge is 2.16. The molecule has 0 saturated heterocycles. The Balaban J connectivity index is 2.59. The standard InChI is InChI=1S/C9H6FN3O2/c10-7-6(9(14)15)2-4-11-8(7)13-5-1-3-12-13/h1-5H,(H,14,15). The minimum atomic E-state index is -1.33. The van der Waals surface area contributed by atoms with Crippen LogP contribution < -0.4 is 0 Å². The minimum absolute atomic E-state index is 0.125. The van der Waals surface area contributed by atoms with E-state index in [9.17, 15) is 9.18 Å². The Hall–Kier alpha value is -2.24. The molecule has 6 heteroatoms. The topological polar surface area (TPSA) is 68.0 Å². The summed E-state index contributed by atoms with van der Waals surface area (Å²) in [6.45, 7) is 0. The fraction of sp³-hybridized carbons (Fsp3) is 0. The number of hydrogen-bond donors (Lipinski definition) is 1. The minimum Gasteiger partial charge on any atom is -0.478 e. The van der Waals surface area contributed by atoms with Crippen LogP contribution in [0.4, 0.5) is 4.39 Å². The molecule has 0 unspecified atom stereocenters. The van der Waals surface area contributed by atoms with Crippen molar-refractivity contribution in [2.75, 3.05) is 0 Å². The average molecular weight is 207 g/mol. The number of carbonyl (C=O) groups is 1. The lowest BCUT2D eigenvalue weighted by Crippen LogP contribution is -2.08. The Labute approximate surface area is 83.8 Å². The van der Waals surface area contributed by atoms with E-state index in [1.165, 1.54) is 23.3 Å². The SMILES string of the molecule is O=C(O)c1ccnc(-n2cccn2)c1F. The summed E-state index contributed by atoms with van der Waals surface area (Å²) < 4.78 is 14.8. The third-order valence-electron chi connectivity index (χ3n) is 1.82. The van der Waals surface area contributed by atoms with Gasteiger partial charge in [0.25, 0.3) is 0 Å². The van der Waals surface area contributed by atoms with Crippen LogP contribution in [0.1, 0.15) is 10.4 Å². The fourth-order valence-corrected chi connectivity index (χ4v) is 1.15. The normalized spacial score (nSPS) is 10.2. The summed E-state index contributed by atoms with van der Waals surface area (Å²) in [6, 6.07) is 2.69. The number of hydrogen-bond acceptors (Lipinski definition) is 3. The maximum atomic E-state index is 13.6. The molecule has 0 amide bonds. The van der Waals surface area contributed by atoms with Crippen LogP contribution in [0.2, 0.25) is 0 Å². The molecule has 0 fully saturated rings. The summed E-state index contributed by atoms with van der Waals surface area (Å²) >= 11 is 0. The Morgan fingerprint density at radius 3 is 2.87 bits per heavy atom. The molecule has 0 atom stereocenters. The van der Waals surface area contributed by atoms with Gasteiger partial charge >= 0.3 is 5.97 Å². The van der Waals surface area contributed by atoms with Gasteiger partial charge in [0.1, 0.15) is 5.56 Å². The van der Waals surface area contributed by atoms with Crippen LogP contribution >= 0.6 is 0 Å². The molecule has 1 N–H and O–H groups in total. The molecule has 2 rings (SSSR count). The summed E-state index contributed by atoms with van der Waals surface area (Å²) in [5.41, 5.74) is -0.421.